The number of esters is 3. The first kappa shape index (κ1) is 70.1. The molecule has 0 radical (unpaired) electrons. The number of carbonyl (C=O) groups excluding carboxylic acids is 3. The Bertz CT molecular complexity index is 1660. The van der Waals surface area contributed by atoms with Crippen LogP contribution in [-0.4, -0.2) is 66.5 Å². The molecular weight excluding hydrogens is 952 g/mol. The lowest BCUT2D eigenvalue weighted by Gasteiger charge is -2.21. The summed E-state index contributed by atoms with van der Waals surface area (Å²) in [5, 5.41) is 9.81. The van der Waals surface area contributed by atoms with Gasteiger partial charge in [0.2, 0.25) is 0 Å². The number of aliphatic hydroxyl groups is 1. The van der Waals surface area contributed by atoms with E-state index in [-0.39, 0.29) is 25.9 Å². The summed E-state index contributed by atoms with van der Waals surface area (Å²) in [7, 11) is -4.77. The van der Waals surface area contributed by atoms with Gasteiger partial charge in [0.25, 0.3) is 0 Å². The molecule has 422 valence electrons. The zero-order valence-electron chi connectivity index (χ0n) is 46.5. The van der Waals surface area contributed by atoms with E-state index in [0.717, 1.165) is 103 Å². The lowest BCUT2D eigenvalue weighted by molar-refractivity contribution is -0.161. The topological polar surface area (TPSA) is 155 Å². The fraction of sp³-hybridized carbons (Fsp3) is 0.661. The van der Waals surface area contributed by atoms with Crippen LogP contribution in [0.25, 0.3) is 0 Å². The van der Waals surface area contributed by atoms with E-state index in [1.54, 1.807) is 0 Å². The maximum atomic E-state index is 12.9. The third-order valence-corrected chi connectivity index (χ3v) is 12.7. The van der Waals surface area contributed by atoms with Gasteiger partial charge in [0.15, 0.2) is 6.10 Å². The van der Waals surface area contributed by atoms with Crippen LogP contribution >= 0.6 is 7.82 Å². The standard InChI is InChI=1S/C62H103O11P/c1-4-7-10-13-16-19-22-25-27-28-29-30-32-35-38-41-44-47-50-53-62(66)73-59(55-69-60(64)51-48-45-42-39-36-34-31-26-23-20-17-14-11-8-5-2)57-71-74(67,68)70-56-58(54-63)72-61(65)52-49-46-43-40-37-33-24-21-18-15-12-9-6-3/h7-8,10-11,16-17,19-20,25-27,29-31,35,38,44,47,58-59,63H,4-6,9,12-15,18,21-24,28,32-34,36-37,39-43,45-46,48-57H2,1-3H3,(H,67,68)/b10-7-,11-8-,19-16-,20-17-,27-25-,30-29-,31-26-,38-35-,47-44-. The molecule has 0 fully saturated rings. The van der Waals surface area contributed by atoms with Gasteiger partial charge in [-0.05, 0) is 89.9 Å². The van der Waals surface area contributed by atoms with Crippen LogP contribution in [0.15, 0.2) is 109 Å². The molecule has 0 aliphatic carbocycles. The number of hydrogen-bond acceptors (Lipinski definition) is 10. The molecule has 0 aliphatic rings. The van der Waals surface area contributed by atoms with Crippen molar-refractivity contribution in [2.75, 3.05) is 26.4 Å². The average Bonchev–Trinajstić information content (AvgIpc) is 3.39. The molecule has 2 N–H and O–H groups in total. The van der Waals surface area contributed by atoms with Gasteiger partial charge < -0.3 is 24.2 Å². The van der Waals surface area contributed by atoms with E-state index in [4.69, 9.17) is 23.3 Å². The average molecular weight is 1060 g/mol. The predicted molar refractivity (Wildman–Crippen MR) is 307 cm³/mol. The lowest BCUT2D eigenvalue weighted by atomic mass is 10.0. The Balaban J connectivity index is 4.87. The van der Waals surface area contributed by atoms with E-state index in [0.29, 0.717) is 25.7 Å². The number of aliphatic hydroxyl groups excluding tert-OH is 1. The molecule has 3 atom stereocenters. The summed E-state index contributed by atoms with van der Waals surface area (Å²) in [6.07, 6.45) is 66.3. The lowest BCUT2D eigenvalue weighted by Crippen LogP contribution is -2.30. The van der Waals surface area contributed by atoms with Gasteiger partial charge in [-0.15, -0.1) is 0 Å². The highest BCUT2D eigenvalue weighted by Gasteiger charge is 2.28. The monoisotopic (exact) mass is 1050 g/mol. The molecule has 0 saturated heterocycles. The van der Waals surface area contributed by atoms with Crippen LogP contribution in [-0.2, 0) is 42.2 Å². The molecule has 0 saturated carbocycles. The summed E-state index contributed by atoms with van der Waals surface area (Å²) < 4.78 is 39.4. The summed E-state index contributed by atoms with van der Waals surface area (Å²) in [4.78, 5) is 48.5. The number of carbonyl (C=O) groups is 3. The van der Waals surface area contributed by atoms with Gasteiger partial charge in [-0.2, -0.15) is 0 Å². The summed E-state index contributed by atoms with van der Waals surface area (Å²) in [5.41, 5.74) is 0. The first-order chi connectivity index (χ1) is 36.2. The third-order valence-electron chi connectivity index (χ3n) is 11.7. The first-order valence-electron chi connectivity index (χ1n) is 28.8. The summed E-state index contributed by atoms with van der Waals surface area (Å²) in [6.45, 7) is 4.31. The van der Waals surface area contributed by atoms with Crippen LogP contribution < -0.4 is 0 Å². The summed E-state index contributed by atoms with van der Waals surface area (Å²) >= 11 is 0. The molecule has 12 heteroatoms. The molecule has 0 aromatic heterocycles. The fourth-order valence-electron chi connectivity index (χ4n) is 7.40. The van der Waals surface area contributed by atoms with Crippen LogP contribution in [0.2, 0.25) is 0 Å². The van der Waals surface area contributed by atoms with E-state index in [1.165, 1.54) is 57.8 Å². The van der Waals surface area contributed by atoms with E-state index < -0.39 is 57.8 Å². The number of rotatable bonds is 52. The van der Waals surface area contributed by atoms with Gasteiger partial charge in [-0.25, -0.2) is 4.57 Å². The highest BCUT2D eigenvalue weighted by Crippen LogP contribution is 2.43. The number of phosphoric ester groups is 1. The molecule has 0 aromatic rings. The van der Waals surface area contributed by atoms with Crippen molar-refractivity contribution in [1.82, 2.24) is 0 Å². The first-order valence-corrected chi connectivity index (χ1v) is 30.3. The van der Waals surface area contributed by atoms with E-state index in [2.05, 4.69) is 118 Å². The van der Waals surface area contributed by atoms with Gasteiger partial charge in [-0.3, -0.25) is 23.4 Å². The minimum Gasteiger partial charge on any atom is -0.462 e. The normalized spacial score (nSPS) is 14.2. The van der Waals surface area contributed by atoms with Crippen LogP contribution in [0.4, 0.5) is 0 Å². The number of hydrogen-bond donors (Lipinski definition) is 2. The number of allylic oxidation sites excluding steroid dienone is 18. The Morgan fingerprint density at radius 3 is 1.16 bits per heavy atom. The van der Waals surface area contributed by atoms with Crippen molar-refractivity contribution in [2.24, 2.45) is 0 Å². The van der Waals surface area contributed by atoms with Gasteiger partial charge in [-0.1, -0.05) is 226 Å². The van der Waals surface area contributed by atoms with Gasteiger partial charge >= 0.3 is 25.7 Å². The van der Waals surface area contributed by atoms with Crippen molar-refractivity contribution >= 4 is 25.7 Å². The number of ether oxygens (including phenoxy) is 3. The Kier molecular flexibility index (Phi) is 52.5. The Morgan fingerprint density at radius 1 is 0.392 bits per heavy atom. The Morgan fingerprint density at radius 2 is 0.730 bits per heavy atom. The number of unbranched alkanes of at least 4 members (excludes halogenated alkanes) is 17. The quantitative estimate of drug-likeness (QED) is 0.0197. The van der Waals surface area contributed by atoms with Crippen molar-refractivity contribution in [3.63, 3.8) is 0 Å². The van der Waals surface area contributed by atoms with Crippen molar-refractivity contribution < 1.29 is 52.2 Å². The maximum Gasteiger partial charge on any atom is 0.472 e. The van der Waals surface area contributed by atoms with E-state index >= 15 is 0 Å². The van der Waals surface area contributed by atoms with Gasteiger partial charge in [0, 0.05) is 19.3 Å². The molecule has 3 unspecified atom stereocenters. The van der Waals surface area contributed by atoms with Crippen LogP contribution in [0.5, 0.6) is 0 Å². The molecule has 11 nitrogen and oxygen atoms in total. The third kappa shape index (κ3) is 53.0. The number of phosphoric acid groups is 1. The summed E-state index contributed by atoms with van der Waals surface area (Å²) in [6, 6.07) is 0. The molecule has 74 heavy (non-hydrogen) atoms. The van der Waals surface area contributed by atoms with Crippen LogP contribution in [0, 0.1) is 0 Å². The van der Waals surface area contributed by atoms with E-state index in [1.807, 2.05) is 12.2 Å². The van der Waals surface area contributed by atoms with Crippen molar-refractivity contribution in [3.8, 4) is 0 Å². The molecule has 0 spiro atoms. The minimum absolute atomic E-state index is 0.0343. The molecule has 0 rings (SSSR count). The van der Waals surface area contributed by atoms with Crippen molar-refractivity contribution in [2.45, 2.75) is 238 Å². The van der Waals surface area contributed by atoms with Gasteiger partial charge in [0.1, 0.15) is 12.7 Å². The highest BCUT2D eigenvalue weighted by atomic mass is 31.2. The molecule has 0 aromatic carbocycles. The molecule has 0 aliphatic heterocycles. The molecule has 0 bridgehead atoms. The Labute approximate surface area is 450 Å². The second-order valence-corrected chi connectivity index (χ2v) is 20.1. The highest BCUT2D eigenvalue weighted by molar-refractivity contribution is 7.47. The maximum absolute atomic E-state index is 12.9. The van der Waals surface area contributed by atoms with Gasteiger partial charge in [0.05, 0.1) is 19.8 Å². The van der Waals surface area contributed by atoms with Crippen molar-refractivity contribution in [3.05, 3.63) is 109 Å². The molecule has 0 amide bonds. The largest absolute Gasteiger partial charge is 0.472 e. The smallest absolute Gasteiger partial charge is 0.462 e. The van der Waals surface area contributed by atoms with Crippen LogP contribution in [0.3, 0.4) is 0 Å². The zero-order chi connectivity index (χ0) is 54.1. The zero-order valence-corrected chi connectivity index (χ0v) is 47.4. The summed E-state index contributed by atoms with van der Waals surface area (Å²) in [5.74, 6) is -1.59. The minimum atomic E-state index is -4.77. The Hall–Kier alpha value is -3.86. The van der Waals surface area contributed by atoms with E-state index in [9.17, 15) is 28.9 Å². The second-order valence-electron chi connectivity index (χ2n) is 18.7. The molecular formula is C62H103O11P. The van der Waals surface area contributed by atoms with Crippen molar-refractivity contribution in [1.29, 1.82) is 0 Å². The SMILES string of the molecule is CC/C=C\C/C=C\C/C=C\C/C=C\C/C=C\C/C=C\CCC(=O)OC(COC(=O)CCCCCCC/C=C\C/C=C\C/C=C\CC)COP(=O)(O)OCC(CO)OC(=O)CCCCCCCCCCCCCCC. The second kappa shape index (κ2) is 55.4. The fourth-order valence-corrected chi connectivity index (χ4v) is 8.18. The van der Waals surface area contributed by atoms with Crippen LogP contribution in [0.1, 0.15) is 226 Å². The molecule has 0 heterocycles. The predicted octanol–water partition coefficient (Wildman–Crippen LogP) is 17.0.